The van der Waals surface area contributed by atoms with E-state index in [0.29, 0.717) is 26.3 Å². The maximum Gasteiger partial charge on any atom is 0.191 e. The van der Waals surface area contributed by atoms with Crippen LogP contribution in [0.4, 0.5) is 0 Å². The SMILES string of the molecule is CN=C(NCCOC)NCCOc1cccc2c1OC(C)(C)C2.I. The molecule has 136 valence electrons. The average Bonchev–Trinajstić information content (AvgIpc) is 2.84. The van der Waals surface area contributed by atoms with Crippen LogP contribution >= 0.6 is 24.0 Å². The van der Waals surface area contributed by atoms with Crippen molar-refractivity contribution in [2.75, 3.05) is 40.5 Å². The van der Waals surface area contributed by atoms with Gasteiger partial charge < -0.3 is 24.8 Å². The standard InChI is InChI=1S/C17H27N3O3.HI/c1-17(2)12-13-6-5-7-14(15(13)23-17)22-11-9-20-16(18-3)19-8-10-21-4;/h5-7H,8-12H2,1-4H3,(H2,18,19,20);1H. The summed E-state index contributed by atoms with van der Waals surface area (Å²) in [6, 6.07) is 6.06. The molecule has 0 radical (unpaired) electrons. The lowest BCUT2D eigenvalue weighted by Gasteiger charge is -2.18. The predicted molar refractivity (Wildman–Crippen MR) is 107 cm³/mol. The van der Waals surface area contributed by atoms with Crippen molar-refractivity contribution in [2.24, 2.45) is 4.99 Å². The van der Waals surface area contributed by atoms with Gasteiger partial charge in [-0.25, -0.2) is 0 Å². The molecular formula is C17H28IN3O3. The van der Waals surface area contributed by atoms with Gasteiger partial charge in [0.2, 0.25) is 0 Å². The molecule has 0 aromatic heterocycles. The highest BCUT2D eigenvalue weighted by molar-refractivity contribution is 14.0. The molecule has 0 fully saturated rings. The Bertz CT molecular complexity index is 550. The van der Waals surface area contributed by atoms with Gasteiger partial charge >= 0.3 is 0 Å². The van der Waals surface area contributed by atoms with Gasteiger partial charge in [-0.1, -0.05) is 12.1 Å². The van der Waals surface area contributed by atoms with Crippen molar-refractivity contribution in [3.8, 4) is 11.5 Å². The van der Waals surface area contributed by atoms with Crippen molar-refractivity contribution in [3.63, 3.8) is 0 Å². The Morgan fingerprint density at radius 1 is 1.25 bits per heavy atom. The molecule has 0 spiro atoms. The third-order valence-corrected chi connectivity index (χ3v) is 3.53. The molecule has 24 heavy (non-hydrogen) atoms. The minimum atomic E-state index is -0.159. The van der Waals surface area contributed by atoms with Crippen LogP contribution in [0.1, 0.15) is 19.4 Å². The highest BCUT2D eigenvalue weighted by Crippen LogP contribution is 2.41. The van der Waals surface area contributed by atoms with E-state index in [0.717, 1.165) is 23.9 Å². The van der Waals surface area contributed by atoms with Gasteiger partial charge in [-0.05, 0) is 19.9 Å². The summed E-state index contributed by atoms with van der Waals surface area (Å²) in [5.41, 5.74) is 1.05. The zero-order valence-corrected chi connectivity index (χ0v) is 17.2. The Morgan fingerprint density at radius 2 is 1.96 bits per heavy atom. The van der Waals surface area contributed by atoms with Crippen LogP contribution in [-0.2, 0) is 11.2 Å². The highest BCUT2D eigenvalue weighted by atomic mass is 127. The first-order valence-electron chi connectivity index (χ1n) is 7.93. The first-order valence-corrected chi connectivity index (χ1v) is 7.93. The number of fused-ring (bicyclic) bond motifs is 1. The number of methoxy groups -OCH3 is 1. The summed E-state index contributed by atoms with van der Waals surface area (Å²) in [7, 11) is 3.41. The number of para-hydroxylation sites is 1. The number of hydrogen-bond donors (Lipinski definition) is 2. The smallest absolute Gasteiger partial charge is 0.191 e. The van der Waals surface area contributed by atoms with Crippen LogP contribution in [0, 0.1) is 0 Å². The molecule has 1 aliphatic heterocycles. The molecule has 6 nitrogen and oxygen atoms in total. The maximum absolute atomic E-state index is 5.99. The number of ether oxygens (including phenoxy) is 3. The Balaban J connectivity index is 0.00000288. The second kappa shape index (κ2) is 9.93. The van der Waals surface area contributed by atoms with Crippen molar-refractivity contribution in [1.29, 1.82) is 0 Å². The molecule has 0 amide bonds. The van der Waals surface area contributed by atoms with E-state index in [-0.39, 0.29) is 29.6 Å². The summed E-state index contributed by atoms with van der Waals surface area (Å²) in [4.78, 5) is 4.14. The normalized spacial score (nSPS) is 15.1. The Labute approximate surface area is 161 Å². The number of guanidine groups is 1. The van der Waals surface area contributed by atoms with E-state index in [1.807, 2.05) is 12.1 Å². The molecule has 0 bridgehead atoms. The lowest BCUT2D eigenvalue weighted by atomic mass is 10.0. The summed E-state index contributed by atoms with van der Waals surface area (Å²) in [6.45, 7) is 6.72. The number of nitrogens with zero attached hydrogens (tertiary/aromatic N) is 1. The van der Waals surface area contributed by atoms with Gasteiger partial charge in [-0.2, -0.15) is 0 Å². The highest BCUT2D eigenvalue weighted by Gasteiger charge is 2.32. The third kappa shape index (κ3) is 6.01. The minimum Gasteiger partial charge on any atom is -0.488 e. The fraction of sp³-hybridized carbons (Fsp3) is 0.588. The number of benzene rings is 1. The molecule has 7 heteroatoms. The Kier molecular flexibility index (Phi) is 8.61. The van der Waals surface area contributed by atoms with Crippen molar-refractivity contribution >= 4 is 29.9 Å². The summed E-state index contributed by atoms with van der Waals surface area (Å²) in [5.74, 6) is 2.42. The van der Waals surface area contributed by atoms with E-state index in [2.05, 4.69) is 35.5 Å². The molecule has 0 aliphatic carbocycles. The zero-order chi connectivity index (χ0) is 16.7. The topological polar surface area (TPSA) is 64.1 Å². The van der Waals surface area contributed by atoms with Crippen molar-refractivity contribution < 1.29 is 14.2 Å². The van der Waals surface area contributed by atoms with Crippen LogP contribution in [-0.4, -0.2) is 52.0 Å². The Morgan fingerprint density at radius 3 is 2.62 bits per heavy atom. The Hall–Kier alpha value is -1.22. The molecule has 2 rings (SSSR count). The van der Waals surface area contributed by atoms with Crippen molar-refractivity contribution in [1.82, 2.24) is 10.6 Å². The monoisotopic (exact) mass is 449 g/mol. The number of nitrogens with one attached hydrogen (secondary N) is 2. The van der Waals surface area contributed by atoms with Crippen molar-refractivity contribution in [3.05, 3.63) is 23.8 Å². The van der Waals surface area contributed by atoms with Crippen LogP contribution in [0.5, 0.6) is 11.5 Å². The number of rotatable bonds is 7. The molecular weight excluding hydrogens is 421 g/mol. The van der Waals surface area contributed by atoms with E-state index in [1.165, 1.54) is 5.56 Å². The molecule has 0 atom stereocenters. The molecule has 1 aromatic rings. The molecule has 1 heterocycles. The van der Waals surface area contributed by atoms with E-state index in [9.17, 15) is 0 Å². The van der Waals surface area contributed by atoms with Crippen LogP contribution < -0.4 is 20.1 Å². The number of aliphatic imine (C=N–C) groups is 1. The lowest BCUT2D eigenvalue weighted by Crippen LogP contribution is -2.40. The largest absolute Gasteiger partial charge is 0.488 e. The fourth-order valence-electron chi connectivity index (χ4n) is 2.52. The van der Waals surface area contributed by atoms with Crippen LogP contribution in [0.2, 0.25) is 0 Å². The quantitative estimate of drug-likeness (QED) is 0.289. The van der Waals surface area contributed by atoms with Crippen LogP contribution in [0.15, 0.2) is 23.2 Å². The van der Waals surface area contributed by atoms with Gasteiger partial charge in [0.25, 0.3) is 0 Å². The van der Waals surface area contributed by atoms with E-state index >= 15 is 0 Å². The van der Waals surface area contributed by atoms with Gasteiger partial charge in [-0.3, -0.25) is 4.99 Å². The molecule has 0 unspecified atom stereocenters. The van der Waals surface area contributed by atoms with Crippen LogP contribution in [0.3, 0.4) is 0 Å². The van der Waals surface area contributed by atoms with Gasteiger partial charge in [-0.15, -0.1) is 24.0 Å². The second-order valence-corrected chi connectivity index (χ2v) is 6.05. The van der Waals surface area contributed by atoms with E-state index < -0.39 is 0 Å². The van der Waals surface area contributed by atoms with Crippen molar-refractivity contribution in [2.45, 2.75) is 25.9 Å². The van der Waals surface area contributed by atoms with Gasteiger partial charge in [0, 0.05) is 32.7 Å². The number of halogens is 1. The zero-order valence-electron chi connectivity index (χ0n) is 14.8. The summed E-state index contributed by atoms with van der Waals surface area (Å²) < 4.78 is 16.9. The number of hydrogen-bond acceptors (Lipinski definition) is 4. The van der Waals surface area contributed by atoms with Gasteiger partial charge in [0.05, 0.1) is 13.2 Å². The predicted octanol–water partition coefficient (Wildman–Crippen LogP) is 2.21. The average molecular weight is 449 g/mol. The summed E-state index contributed by atoms with van der Waals surface area (Å²) >= 11 is 0. The third-order valence-electron chi connectivity index (χ3n) is 3.53. The van der Waals surface area contributed by atoms with E-state index in [4.69, 9.17) is 14.2 Å². The first-order chi connectivity index (χ1) is 11.1. The lowest BCUT2D eigenvalue weighted by molar-refractivity contribution is 0.132. The van der Waals surface area contributed by atoms with Gasteiger partial charge in [0.1, 0.15) is 12.2 Å². The molecule has 0 saturated heterocycles. The summed E-state index contributed by atoms with van der Waals surface area (Å²) in [6.07, 6.45) is 0.911. The molecule has 2 N–H and O–H groups in total. The van der Waals surface area contributed by atoms with Crippen LogP contribution in [0.25, 0.3) is 0 Å². The van der Waals surface area contributed by atoms with E-state index in [1.54, 1.807) is 14.2 Å². The molecule has 1 aromatic carbocycles. The fourth-order valence-corrected chi connectivity index (χ4v) is 2.52. The molecule has 0 saturated carbocycles. The maximum atomic E-state index is 5.99. The first kappa shape index (κ1) is 20.8. The second-order valence-electron chi connectivity index (χ2n) is 6.05. The molecule has 1 aliphatic rings. The minimum absolute atomic E-state index is 0. The summed E-state index contributed by atoms with van der Waals surface area (Å²) in [5, 5.41) is 6.36. The van der Waals surface area contributed by atoms with Gasteiger partial charge in [0.15, 0.2) is 17.5 Å².